The molecule has 0 spiro atoms. The van der Waals surface area contributed by atoms with Crippen LogP contribution >= 0.6 is 0 Å². The number of nitrogens with zero attached hydrogens (tertiary/aromatic N) is 4. The predicted octanol–water partition coefficient (Wildman–Crippen LogP) is 1.68. The van der Waals surface area contributed by atoms with Gasteiger partial charge in [0.05, 0.1) is 7.11 Å². The first-order valence-electron chi connectivity index (χ1n) is 4.89. The maximum absolute atomic E-state index is 8.11. The fourth-order valence-electron chi connectivity index (χ4n) is 1.26. The van der Waals surface area contributed by atoms with E-state index < -0.39 is 0 Å². The summed E-state index contributed by atoms with van der Waals surface area (Å²) in [7, 11) is 1.63. The van der Waals surface area contributed by atoms with Gasteiger partial charge in [-0.25, -0.2) is 5.01 Å². The van der Waals surface area contributed by atoms with Crippen molar-refractivity contribution in [1.82, 2.24) is 5.01 Å². The summed E-state index contributed by atoms with van der Waals surface area (Å²) in [6.45, 7) is 1.53. The average Bonchev–Trinajstić information content (AvgIpc) is 2.30. The summed E-state index contributed by atoms with van der Waals surface area (Å²) in [5.41, 5.74) is 9.20. The number of nitrogens with two attached hydrogens (primary N) is 1. The largest absolute Gasteiger partial charge is 0.497 e. The van der Waals surface area contributed by atoms with Crippen LogP contribution in [-0.2, 0) is 6.54 Å². The molecular formula is C10H15N5O. The predicted molar refractivity (Wildman–Crippen MR) is 61.6 cm³/mol. The van der Waals surface area contributed by atoms with Crippen LogP contribution in [0.4, 0.5) is 0 Å². The Hall–Kier alpha value is -1.75. The van der Waals surface area contributed by atoms with E-state index >= 15 is 0 Å². The van der Waals surface area contributed by atoms with E-state index in [4.69, 9.17) is 16.1 Å². The monoisotopic (exact) mass is 221 g/mol. The summed E-state index contributed by atoms with van der Waals surface area (Å²) < 4.78 is 5.05. The number of hydrogen-bond acceptors (Lipinski definition) is 4. The summed E-state index contributed by atoms with van der Waals surface area (Å²) in [4.78, 5) is 2.66. The molecule has 6 nitrogen and oxygen atoms in total. The topological polar surface area (TPSA) is 87.2 Å². The number of rotatable bonds is 6. The number of hydrazine groups is 1. The summed E-state index contributed by atoms with van der Waals surface area (Å²) >= 11 is 0. The minimum Gasteiger partial charge on any atom is -0.497 e. The van der Waals surface area contributed by atoms with Gasteiger partial charge < -0.3 is 4.74 Å². The lowest BCUT2D eigenvalue weighted by atomic mass is 10.2. The number of benzene rings is 1. The van der Waals surface area contributed by atoms with E-state index in [1.165, 1.54) is 0 Å². The average molecular weight is 221 g/mol. The second kappa shape index (κ2) is 6.68. The minimum absolute atomic E-state index is 0.378. The van der Waals surface area contributed by atoms with Crippen molar-refractivity contribution in [3.63, 3.8) is 0 Å². The molecule has 0 fully saturated rings. The molecule has 0 unspecified atom stereocenters. The lowest BCUT2D eigenvalue weighted by Crippen LogP contribution is -2.32. The number of hydrogen-bond donors (Lipinski definition) is 1. The first-order valence-corrected chi connectivity index (χ1v) is 4.89. The summed E-state index contributed by atoms with van der Waals surface area (Å²) in [5.74, 6) is 6.56. The molecule has 0 radical (unpaired) electrons. The Morgan fingerprint density at radius 3 is 2.69 bits per heavy atom. The highest BCUT2D eigenvalue weighted by atomic mass is 16.5. The van der Waals surface area contributed by atoms with Gasteiger partial charge in [-0.05, 0) is 23.2 Å². The third-order valence-corrected chi connectivity index (χ3v) is 2.10. The molecule has 0 heterocycles. The maximum Gasteiger partial charge on any atom is 0.118 e. The van der Waals surface area contributed by atoms with Crippen molar-refractivity contribution in [2.45, 2.75) is 6.54 Å². The SMILES string of the molecule is COc1ccc(CN(N)CCN=[N+]=[N-])cc1. The van der Waals surface area contributed by atoms with Gasteiger partial charge in [0.25, 0.3) is 0 Å². The second-order valence-electron chi connectivity index (χ2n) is 3.27. The highest BCUT2D eigenvalue weighted by Gasteiger charge is 2.00. The van der Waals surface area contributed by atoms with Crippen LogP contribution in [0.1, 0.15) is 5.56 Å². The molecule has 0 aliphatic heterocycles. The third kappa shape index (κ3) is 4.18. The van der Waals surface area contributed by atoms with Crippen LogP contribution in [0.15, 0.2) is 29.4 Å². The molecule has 0 saturated heterocycles. The van der Waals surface area contributed by atoms with E-state index in [0.717, 1.165) is 11.3 Å². The summed E-state index contributed by atoms with van der Waals surface area (Å²) in [6, 6.07) is 7.67. The van der Waals surface area contributed by atoms with Crippen LogP contribution in [0.2, 0.25) is 0 Å². The van der Waals surface area contributed by atoms with Gasteiger partial charge in [-0.1, -0.05) is 17.2 Å². The second-order valence-corrected chi connectivity index (χ2v) is 3.27. The van der Waals surface area contributed by atoms with Gasteiger partial charge in [0.2, 0.25) is 0 Å². The lowest BCUT2D eigenvalue weighted by molar-refractivity contribution is 0.283. The van der Waals surface area contributed by atoms with E-state index in [2.05, 4.69) is 10.0 Å². The Labute approximate surface area is 94.2 Å². The van der Waals surface area contributed by atoms with E-state index in [1.807, 2.05) is 24.3 Å². The van der Waals surface area contributed by atoms with Crippen molar-refractivity contribution < 1.29 is 4.74 Å². The zero-order valence-electron chi connectivity index (χ0n) is 9.21. The van der Waals surface area contributed by atoms with Gasteiger partial charge in [0.1, 0.15) is 5.75 Å². The molecule has 1 aromatic rings. The van der Waals surface area contributed by atoms with Crippen molar-refractivity contribution in [3.05, 3.63) is 40.3 Å². The molecule has 1 rings (SSSR count). The minimum atomic E-state index is 0.378. The van der Waals surface area contributed by atoms with Gasteiger partial charge in [-0.15, -0.1) is 0 Å². The van der Waals surface area contributed by atoms with Crippen molar-refractivity contribution in [1.29, 1.82) is 0 Å². The molecule has 86 valence electrons. The van der Waals surface area contributed by atoms with E-state index in [-0.39, 0.29) is 0 Å². The molecule has 16 heavy (non-hydrogen) atoms. The van der Waals surface area contributed by atoms with Crippen molar-refractivity contribution in [2.24, 2.45) is 11.0 Å². The highest BCUT2D eigenvalue weighted by molar-refractivity contribution is 5.26. The zero-order chi connectivity index (χ0) is 11.8. The van der Waals surface area contributed by atoms with Gasteiger partial charge in [-0.3, -0.25) is 5.84 Å². The summed E-state index contributed by atoms with van der Waals surface area (Å²) in [5, 5.41) is 5.03. The summed E-state index contributed by atoms with van der Waals surface area (Å²) in [6.07, 6.45) is 0. The molecule has 0 aromatic heterocycles. The first-order chi connectivity index (χ1) is 7.76. The highest BCUT2D eigenvalue weighted by Crippen LogP contribution is 2.11. The van der Waals surface area contributed by atoms with Crippen molar-refractivity contribution in [2.75, 3.05) is 20.2 Å². The van der Waals surface area contributed by atoms with Gasteiger partial charge in [0.15, 0.2) is 0 Å². The number of azide groups is 1. The van der Waals surface area contributed by atoms with Crippen molar-refractivity contribution >= 4 is 0 Å². The van der Waals surface area contributed by atoms with Crippen LogP contribution < -0.4 is 10.6 Å². The first kappa shape index (κ1) is 12.3. The third-order valence-electron chi connectivity index (χ3n) is 2.10. The molecule has 2 N–H and O–H groups in total. The molecule has 0 aliphatic carbocycles. The lowest BCUT2D eigenvalue weighted by Gasteiger charge is -2.14. The van der Waals surface area contributed by atoms with Gasteiger partial charge in [-0.2, -0.15) is 0 Å². The molecule has 0 bridgehead atoms. The number of methoxy groups -OCH3 is 1. The molecular weight excluding hydrogens is 206 g/mol. The molecule has 0 atom stereocenters. The molecule has 0 amide bonds. The van der Waals surface area contributed by atoms with Crippen LogP contribution in [0.5, 0.6) is 5.75 Å². The fourth-order valence-corrected chi connectivity index (χ4v) is 1.26. The Morgan fingerprint density at radius 2 is 2.12 bits per heavy atom. The van der Waals surface area contributed by atoms with Crippen LogP contribution in [0, 0.1) is 0 Å². The van der Waals surface area contributed by atoms with Crippen LogP contribution in [0.25, 0.3) is 10.4 Å². The number of ether oxygens (including phenoxy) is 1. The van der Waals surface area contributed by atoms with Crippen LogP contribution in [0.3, 0.4) is 0 Å². The van der Waals surface area contributed by atoms with Gasteiger partial charge >= 0.3 is 0 Å². The van der Waals surface area contributed by atoms with E-state index in [1.54, 1.807) is 12.1 Å². The zero-order valence-corrected chi connectivity index (χ0v) is 9.21. The van der Waals surface area contributed by atoms with E-state index in [0.29, 0.717) is 19.6 Å². The fraction of sp³-hybridized carbons (Fsp3) is 0.400. The molecule has 0 saturated carbocycles. The van der Waals surface area contributed by atoms with Gasteiger partial charge in [0, 0.05) is 24.5 Å². The van der Waals surface area contributed by atoms with E-state index in [9.17, 15) is 0 Å². The normalized spacial score (nSPS) is 9.94. The Morgan fingerprint density at radius 1 is 1.44 bits per heavy atom. The quantitative estimate of drug-likeness (QED) is 0.260. The molecule has 6 heteroatoms. The molecule has 0 aliphatic rings. The standard InChI is InChI=1S/C10H15N5O/c1-16-10-4-2-9(3-5-10)8-15(12)7-6-13-14-11/h2-5H,6-8,12H2,1H3. The molecule has 1 aromatic carbocycles. The van der Waals surface area contributed by atoms with Crippen molar-refractivity contribution in [3.8, 4) is 5.75 Å². The Balaban J connectivity index is 2.42. The smallest absolute Gasteiger partial charge is 0.118 e. The maximum atomic E-state index is 8.11. The Kier molecular flexibility index (Phi) is 5.15. The van der Waals surface area contributed by atoms with Crippen LogP contribution in [-0.4, -0.2) is 25.2 Å². The Bertz CT molecular complexity index is 358.